The lowest BCUT2D eigenvalue weighted by molar-refractivity contribution is 0.235. The van der Waals surface area contributed by atoms with Crippen LogP contribution in [0.1, 0.15) is 39.5 Å². The van der Waals surface area contributed by atoms with Crippen LogP contribution in [0.2, 0.25) is 0 Å². The molecule has 0 aromatic rings. The Hall–Kier alpha value is -0.220. The second-order valence-electron chi connectivity index (χ2n) is 3.24. The second-order valence-corrected chi connectivity index (χ2v) is 5.88. The Morgan fingerprint density at radius 3 is 1.41 bits per heavy atom. The zero-order valence-corrected chi connectivity index (χ0v) is 11.5. The smallest absolute Gasteiger partial charge is 0.247 e. The number of rotatable bonds is 10. The topological polar surface area (TPSA) is 96.0 Å². The van der Waals surface area contributed by atoms with Gasteiger partial charge < -0.3 is 0 Å². The Morgan fingerprint density at radius 1 is 0.765 bits per heavy atom. The zero-order chi connectivity index (χ0) is 13.4. The van der Waals surface area contributed by atoms with Gasteiger partial charge >= 0.3 is 20.8 Å². The summed E-state index contributed by atoms with van der Waals surface area (Å²) in [5.74, 6) is 0. The van der Waals surface area contributed by atoms with Gasteiger partial charge in [-0.2, -0.15) is 16.8 Å². The molecule has 0 unspecified atom stereocenters. The van der Waals surface area contributed by atoms with Gasteiger partial charge in [0.1, 0.15) is 0 Å². The first-order chi connectivity index (χ1) is 7.83. The Morgan fingerprint density at radius 2 is 1.12 bits per heavy atom. The van der Waals surface area contributed by atoms with Crippen molar-refractivity contribution in [2.75, 3.05) is 13.2 Å². The molecule has 0 fully saturated rings. The minimum atomic E-state index is -4.56. The summed E-state index contributed by atoms with van der Waals surface area (Å²) in [7, 11) is -9.12. The minimum absolute atomic E-state index is 0.122. The average molecular weight is 290 g/mol. The van der Waals surface area contributed by atoms with E-state index < -0.39 is 20.8 Å². The maximum absolute atomic E-state index is 11.1. The van der Waals surface area contributed by atoms with Crippen LogP contribution in [0.4, 0.5) is 0 Å². The highest BCUT2D eigenvalue weighted by molar-refractivity contribution is 7.95. The lowest BCUT2D eigenvalue weighted by atomic mass is 10.4. The molecule has 0 aliphatic carbocycles. The summed E-state index contributed by atoms with van der Waals surface area (Å²) in [6, 6.07) is 0. The Balaban J connectivity index is 4.19. The van der Waals surface area contributed by atoms with E-state index in [0.29, 0.717) is 12.8 Å². The van der Waals surface area contributed by atoms with Crippen LogP contribution in [0.25, 0.3) is 0 Å². The van der Waals surface area contributed by atoms with Crippen LogP contribution in [0, 0.1) is 0 Å². The fourth-order valence-electron chi connectivity index (χ4n) is 0.752. The molecule has 0 rings (SSSR count). The lowest BCUT2D eigenvalue weighted by Crippen LogP contribution is -2.19. The molecule has 0 heterocycles. The van der Waals surface area contributed by atoms with Crippen molar-refractivity contribution in [1.29, 1.82) is 0 Å². The van der Waals surface area contributed by atoms with Crippen molar-refractivity contribution in [2.24, 2.45) is 0 Å². The van der Waals surface area contributed by atoms with E-state index in [1.165, 1.54) is 0 Å². The van der Waals surface area contributed by atoms with Crippen LogP contribution in [-0.2, 0) is 32.8 Å². The van der Waals surface area contributed by atoms with Gasteiger partial charge in [0.15, 0.2) is 0 Å². The van der Waals surface area contributed by atoms with E-state index in [2.05, 4.69) is 12.0 Å². The predicted molar refractivity (Wildman–Crippen MR) is 60.6 cm³/mol. The molecule has 17 heavy (non-hydrogen) atoms. The van der Waals surface area contributed by atoms with Gasteiger partial charge in [-0.25, -0.2) is 8.37 Å². The predicted octanol–water partition coefficient (Wildman–Crippen LogP) is 1.13. The van der Waals surface area contributed by atoms with Crippen LogP contribution in [-0.4, -0.2) is 30.0 Å². The molecular formula is C8H18O7S2. The SMILES string of the molecule is CCCCOS(=O)(=O)OS(=O)(=O)OCCCC. The van der Waals surface area contributed by atoms with E-state index in [4.69, 9.17) is 0 Å². The van der Waals surface area contributed by atoms with Gasteiger partial charge in [-0.15, -0.1) is 3.63 Å². The lowest BCUT2D eigenvalue weighted by Gasteiger charge is -2.05. The molecule has 0 bridgehead atoms. The van der Waals surface area contributed by atoms with Gasteiger partial charge in [0.25, 0.3) is 0 Å². The maximum atomic E-state index is 11.1. The monoisotopic (exact) mass is 290 g/mol. The summed E-state index contributed by atoms with van der Waals surface area (Å²) in [5, 5.41) is 0. The summed E-state index contributed by atoms with van der Waals surface area (Å²) in [6.45, 7) is 3.43. The fourth-order valence-corrected chi connectivity index (χ4v) is 2.53. The van der Waals surface area contributed by atoms with E-state index in [1.54, 1.807) is 0 Å². The highest BCUT2D eigenvalue weighted by Gasteiger charge is 2.24. The Kier molecular flexibility index (Phi) is 7.88. The van der Waals surface area contributed by atoms with Crippen molar-refractivity contribution in [2.45, 2.75) is 39.5 Å². The highest BCUT2D eigenvalue weighted by atomic mass is 32.3. The number of hydrogen-bond donors (Lipinski definition) is 0. The van der Waals surface area contributed by atoms with Crippen molar-refractivity contribution in [3.8, 4) is 0 Å². The molecule has 0 atom stereocenters. The molecule has 0 amide bonds. The van der Waals surface area contributed by atoms with Gasteiger partial charge in [0.05, 0.1) is 13.2 Å². The summed E-state index contributed by atoms with van der Waals surface area (Å²) < 4.78 is 56.6. The zero-order valence-electron chi connectivity index (χ0n) is 9.92. The van der Waals surface area contributed by atoms with Crippen LogP contribution < -0.4 is 0 Å². The van der Waals surface area contributed by atoms with Gasteiger partial charge in [-0.3, -0.25) is 0 Å². The first-order valence-electron chi connectivity index (χ1n) is 5.32. The molecule has 0 saturated carbocycles. The van der Waals surface area contributed by atoms with Crippen LogP contribution in [0.3, 0.4) is 0 Å². The van der Waals surface area contributed by atoms with Crippen molar-refractivity contribution >= 4 is 20.8 Å². The molecule has 0 aliphatic rings. The third kappa shape index (κ3) is 9.48. The maximum Gasteiger partial charge on any atom is 0.416 e. The molecule has 104 valence electrons. The number of hydrogen-bond acceptors (Lipinski definition) is 7. The van der Waals surface area contributed by atoms with E-state index in [-0.39, 0.29) is 13.2 Å². The summed E-state index contributed by atoms with van der Waals surface area (Å²) in [6.07, 6.45) is 2.41. The first kappa shape index (κ1) is 16.8. The molecular weight excluding hydrogens is 272 g/mol. The molecule has 0 aromatic carbocycles. The standard InChI is InChI=1S/C8H18O7S2/c1-3-5-7-13-16(9,10)15-17(11,12)14-8-6-4-2/h3-8H2,1-2H3. The van der Waals surface area contributed by atoms with E-state index >= 15 is 0 Å². The summed E-state index contributed by atoms with van der Waals surface area (Å²) in [4.78, 5) is 0. The third-order valence-corrected chi connectivity index (χ3v) is 3.86. The second kappa shape index (κ2) is 7.98. The molecule has 7 nitrogen and oxygen atoms in total. The number of unbranched alkanes of at least 4 members (excludes halogenated alkanes) is 2. The molecule has 0 spiro atoms. The van der Waals surface area contributed by atoms with Crippen LogP contribution in [0.5, 0.6) is 0 Å². The summed E-state index contributed by atoms with van der Waals surface area (Å²) >= 11 is 0. The largest absolute Gasteiger partial charge is 0.416 e. The Labute approximate surface area is 103 Å². The van der Waals surface area contributed by atoms with Crippen LogP contribution >= 0.6 is 0 Å². The quantitative estimate of drug-likeness (QED) is 0.556. The first-order valence-corrected chi connectivity index (χ1v) is 7.99. The van der Waals surface area contributed by atoms with E-state index in [9.17, 15) is 16.8 Å². The van der Waals surface area contributed by atoms with Gasteiger partial charge in [-0.1, -0.05) is 26.7 Å². The van der Waals surface area contributed by atoms with Crippen molar-refractivity contribution < 1.29 is 28.8 Å². The highest BCUT2D eigenvalue weighted by Crippen LogP contribution is 2.07. The fraction of sp³-hybridized carbons (Fsp3) is 1.00. The normalized spacial score (nSPS) is 12.8. The van der Waals surface area contributed by atoms with E-state index in [0.717, 1.165) is 12.8 Å². The van der Waals surface area contributed by atoms with Gasteiger partial charge in [-0.05, 0) is 12.8 Å². The van der Waals surface area contributed by atoms with Gasteiger partial charge in [0.2, 0.25) is 0 Å². The molecule has 0 saturated heterocycles. The molecule has 0 radical (unpaired) electrons. The van der Waals surface area contributed by atoms with Crippen LogP contribution in [0.15, 0.2) is 0 Å². The van der Waals surface area contributed by atoms with Crippen molar-refractivity contribution in [3.63, 3.8) is 0 Å². The van der Waals surface area contributed by atoms with Gasteiger partial charge in [0, 0.05) is 0 Å². The van der Waals surface area contributed by atoms with E-state index in [1.807, 2.05) is 13.8 Å². The van der Waals surface area contributed by atoms with Crippen molar-refractivity contribution in [3.05, 3.63) is 0 Å². The Bertz CT molecular complexity index is 346. The van der Waals surface area contributed by atoms with Crippen molar-refractivity contribution in [1.82, 2.24) is 0 Å². The molecule has 0 aromatic heterocycles. The summed E-state index contributed by atoms with van der Waals surface area (Å²) in [5.41, 5.74) is 0. The molecule has 0 aliphatic heterocycles. The third-order valence-electron chi connectivity index (χ3n) is 1.62. The molecule has 0 N–H and O–H groups in total. The molecule has 9 heteroatoms. The minimum Gasteiger partial charge on any atom is -0.247 e. The average Bonchev–Trinajstić information content (AvgIpc) is 2.16.